The fraction of sp³-hybridized carbons (Fsp3) is 0.500. The van der Waals surface area contributed by atoms with Gasteiger partial charge in [0.1, 0.15) is 11.8 Å². The summed E-state index contributed by atoms with van der Waals surface area (Å²) in [5.41, 5.74) is 3.26. The van der Waals surface area contributed by atoms with E-state index >= 15 is 0 Å². The van der Waals surface area contributed by atoms with Gasteiger partial charge in [0.2, 0.25) is 21.8 Å². The van der Waals surface area contributed by atoms with Crippen LogP contribution in [0.2, 0.25) is 0 Å². The predicted molar refractivity (Wildman–Crippen MR) is 148 cm³/mol. The predicted octanol–water partition coefficient (Wildman–Crippen LogP) is 4.19. The van der Waals surface area contributed by atoms with E-state index in [2.05, 4.69) is 5.32 Å². The molecule has 2 rings (SSSR count). The largest absolute Gasteiger partial charge is 0.497 e. The Morgan fingerprint density at radius 1 is 1.08 bits per heavy atom. The number of nitrogens with one attached hydrogen (secondary N) is 1. The number of nitrogens with zero attached hydrogens (tertiary/aromatic N) is 2. The maximum Gasteiger partial charge on any atom is 0.243 e. The first-order valence-corrected chi connectivity index (χ1v) is 14.5. The van der Waals surface area contributed by atoms with Crippen molar-refractivity contribution in [1.82, 2.24) is 10.2 Å². The average Bonchev–Trinajstić information content (AvgIpc) is 2.82. The van der Waals surface area contributed by atoms with Gasteiger partial charge >= 0.3 is 0 Å². The van der Waals surface area contributed by atoms with Crippen LogP contribution < -0.4 is 14.4 Å². The normalized spacial score (nSPS) is 12.2. The third-order valence-electron chi connectivity index (χ3n) is 6.09. The first-order chi connectivity index (χ1) is 17.4. The zero-order valence-electron chi connectivity index (χ0n) is 23.1. The molecule has 0 aliphatic heterocycles. The van der Waals surface area contributed by atoms with Gasteiger partial charge in [-0.25, -0.2) is 8.42 Å². The molecule has 204 valence electrons. The van der Waals surface area contributed by atoms with Crippen LogP contribution in [0.25, 0.3) is 0 Å². The summed E-state index contributed by atoms with van der Waals surface area (Å²) in [6.45, 7) is 9.83. The number of benzene rings is 2. The molecule has 0 unspecified atom stereocenters. The van der Waals surface area contributed by atoms with Crippen LogP contribution >= 0.6 is 0 Å². The highest BCUT2D eigenvalue weighted by Crippen LogP contribution is 2.25. The molecule has 2 aromatic rings. The van der Waals surface area contributed by atoms with Crippen LogP contribution in [0.5, 0.6) is 5.75 Å². The van der Waals surface area contributed by atoms with Crippen molar-refractivity contribution in [2.24, 2.45) is 0 Å². The molecule has 0 radical (unpaired) electrons. The van der Waals surface area contributed by atoms with E-state index in [1.165, 1.54) is 10.6 Å². The molecule has 0 aromatic heterocycles. The molecule has 1 atom stereocenters. The molecule has 0 bridgehead atoms. The molecule has 0 aliphatic carbocycles. The number of amides is 2. The van der Waals surface area contributed by atoms with Gasteiger partial charge < -0.3 is 15.0 Å². The number of sulfonamides is 1. The van der Waals surface area contributed by atoms with E-state index in [4.69, 9.17) is 4.74 Å². The first kappa shape index (κ1) is 30.2. The molecule has 37 heavy (non-hydrogen) atoms. The monoisotopic (exact) mass is 531 g/mol. The number of hydrogen-bond acceptors (Lipinski definition) is 5. The molecule has 0 fully saturated rings. The van der Waals surface area contributed by atoms with Crippen molar-refractivity contribution in [3.63, 3.8) is 0 Å². The maximum atomic E-state index is 13.5. The van der Waals surface area contributed by atoms with Crippen molar-refractivity contribution in [2.75, 3.05) is 24.2 Å². The van der Waals surface area contributed by atoms with Crippen molar-refractivity contribution in [2.45, 2.75) is 72.5 Å². The summed E-state index contributed by atoms with van der Waals surface area (Å²) in [5, 5.41) is 2.92. The van der Waals surface area contributed by atoms with Gasteiger partial charge in [0.05, 0.1) is 19.1 Å². The highest BCUT2D eigenvalue weighted by atomic mass is 32.2. The summed E-state index contributed by atoms with van der Waals surface area (Å²) < 4.78 is 31.9. The Labute approximate surface area is 222 Å². The standard InChI is InChI=1S/C28H41N3O5S/c1-8-25(28(33)29-20(2)3)30(19-23-11-9-12-24(18-23)36-6)27(32)13-10-16-31(37(7,34)35)26-17-21(4)14-15-22(26)5/h9,11-12,14-15,17-18,20,25H,8,10,13,16,19H2,1-7H3,(H,29,33)/t25-/m0/s1. The van der Waals surface area contributed by atoms with E-state index in [9.17, 15) is 18.0 Å². The molecule has 0 saturated heterocycles. The highest BCUT2D eigenvalue weighted by molar-refractivity contribution is 7.92. The van der Waals surface area contributed by atoms with Gasteiger partial charge in [-0.3, -0.25) is 13.9 Å². The number of carbonyl (C=O) groups excluding carboxylic acids is 2. The number of anilines is 1. The van der Waals surface area contributed by atoms with Gasteiger partial charge in [0.15, 0.2) is 0 Å². The second-order valence-corrected chi connectivity index (χ2v) is 11.6. The van der Waals surface area contributed by atoms with Crippen LogP contribution in [-0.4, -0.2) is 57.1 Å². The quantitative estimate of drug-likeness (QED) is 0.418. The van der Waals surface area contributed by atoms with E-state index in [1.54, 1.807) is 12.0 Å². The summed E-state index contributed by atoms with van der Waals surface area (Å²) in [7, 11) is -1.97. The van der Waals surface area contributed by atoms with Gasteiger partial charge in [-0.05, 0) is 75.4 Å². The van der Waals surface area contributed by atoms with Crippen LogP contribution in [0.4, 0.5) is 5.69 Å². The number of carbonyl (C=O) groups is 2. The number of ether oxygens (including phenoxy) is 1. The van der Waals surface area contributed by atoms with Crippen LogP contribution in [0.3, 0.4) is 0 Å². The van der Waals surface area contributed by atoms with Crippen molar-refractivity contribution in [3.8, 4) is 5.75 Å². The zero-order valence-corrected chi connectivity index (χ0v) is 23.9. The topological polar surface area (TPSA) is 96.0 Å². The Bertz CT molecular complexity index is 1180. The van der Waals surface area contributed by atoms with E-state index in [0.29, 0.717) is 24.3 Å². The second kappa shape index (κ2) is 13.5. The lowest BCUT2D eigenvalue weighted by Crippen LogP contribution is -2.50. The van der Waals surface area contributed by atoms with Crippen LogP contribution in [0.1, 0.15) is 56.7 Å². The number of methoxy groups -OCH3 is 1. The zero-order chi connectivity index (χ0) is 27.8. The van der Waals surface area contributed by atoms with Gasteiger partial charge in [-0.1, -0.05) is 31.2 Å². The van der Waals surface area contributed by atoms with Crippen molar-refractivity contribution in [1.29, 1.82) is 0 Å². The Kier molecular flexibility index (Phi) is 11.0. The summed E-state index contributed by atoms with van der Waals surface area (Å²) in [5.74, 6) is 0.256. The lowest BCUT2D eigenvalue weighted by Gasteiger charge is -2.32. The van der Waals surface area contributed by atoms with Crippen molar-refractivity contribution < 1.29 is 22.7 Å². The Morgan fingerprint density at radius 3 is 2.38 bits per heavy atom. The molecule has 0 spiro atoms. The molecule has 1 N–H and O–H groups in total. The van der Waals surface area contributed by atoms with Crippen LogP contribution in [0.15, 0.2) is 42.5 Å². The van der Waals surface area contributed by atoms with Crippen LogP contribution in [-0.2, 0) is 26.2 Å². The molecule has 0 saturated carbocycles. The SMILES string of the molecule is CC[C@@H](C(=O)NC(C)C)N(Cc1cccc(OC)c1)C(=O)CCCN(c1cc(C)ccc1C)S(C)(=O)=O. The maximum absolute atomic E-state index is 13.5. The van der Waals surface area contributed by atoms with E-state index in [0.717, 1.165) is 16.7 Å². The minimum Gasteiger partial charge on any atom is -0.497 e. The fourth-order valence-corrected chi connectivity index (χ4v) is 5.25. The van der Waals surface area contributed by atoms with Crippen molar-refractivity contribution in [3.05, 3.63) is 59.2 Å². The molecular weight excluding hydrogens is 490 g/mol. The molecule has 0 heterocycles. The molecule has 2 aromatic carbocycles. The molecule has 8 nitrogen and oxygen atoms in total. The smallest absolute Gasteiger partial charge is 0.243 e. The van der Waals surface area contributed by atoms with Crippen LogP contribution in [0, 0.1) is 13.8 Å². The van der Waals surface area contributed by atoms with E-state index in [-0.39, 0.29) is 37.4 Å². The third-order valence-corrected chi connectivity index (χ3v) is 7.27. The summed E-state index contributed by atoms with van der Waals surface area (Å²) >= 11 is 0. The first-order valence-electron chi connectivity index (χ1n) is 12.6. The number of hydrogen-bond donors (Lipinski definition) is 1. The Balaban J connectivity index is 2.27. The summed E-state index contributed by atoms with van der Waals surface area (Å²) in [4.78, 5) is 28.1. The minimum absolute atomic E-state index is 0.0591. The molecule has 0 aliphatic rings. The lowest BCUT2D eigenvalue weighted by atomic mass is 10.1. The highest BCUT2D eigenvalue weighted by Gasteiger charge is 2.29. The average molecular weight is 532 g/mol. The summed E-state index contributed by atoms with van der Waals surface area (Å²) in [6, 6.07) is 12.4. The molecule has 2 amide bonds. The van der Waals surface area contributed by atoms with Gasteiger partial charge in [0, 0.05) is 25.6 Å². The summed E-state index contributed by atoms with van der Waals surface area (Å²) in [6.07, 6.45) is 2.05. The van der Waals surface area contributed by atoms with Gasteiger partial charge in [0.25, 0.3) is 0 Å². The van der Waals surface area contributed by atoms with E-state index in [1.807, 2.05) is 77.1 Å². The van der Waals surface area contributed by atoms with Gasteiger partial charge in [-0.15, -0.1) is 0 Å². The number of rotatable bonds is 13. The van der Waals surface area contributed by atoms with Gasteiger partial charge in [-0.2, -0.15) is 0 Å². The van der Waals surface area contributed by atoms with Crippen molar-refractivity contribution >= 4 is 27.5 Å². The lowest BCUT2D eigenvalue weighted by molar-refractivity contribution is -0.141. The molecule has 9 heteroatoms. The molecular formula is C28H41N3O5S. The Morgan fingerprint density at radius 2 is 1.78 bits per heavy atom. The number of aryl methyl sites for hydroxylation is 2. The minimum atomic E-state index is -3.55. The second-order valence-electron chi connectivity index (χ2n) is 9.69. The van der Waals surface area contributed by atoms with E-state index < -0.39 is 16.1 Å². The fourth-order valence-electron chi connectivity index (χ4n) is 4.24. The Hall–Kier alpha value is -3.07. The third kappa shape index (κ3) is 8.77.